The zero-order valence-corrected chi connectivity index (χ0v) is 13.1. The third-order valence-corrected chi connectivity index (χ3v) is 3.22. The van der Waals surface area contributed by atoms with Crippen LogP contribution in [-0.4, -0.2) is 17.1 Å². The van der Waals surface area contributed by atoms with Gasteiger partial charge in [-0.1, -0.05) is 11.6 Å². The number of hydrogen-bond acceptors (Lipinski definition) is 1. The van der Waals surface area contributed by atoms with Crippen molar-refractivity contribution in [1.82, 2.24) is 9.90 Å². The maximum absolute atomic E-state index is 9.75. The average Bonchev–Trinajstić information content (AvgIpc) is 2.75. The molecule has 0 aliphatic rings. The van der Waals surface area contributed by atoms with Gasteiger partial charge in [-0.15, -0.1) is 4.52 Å². The number of nitrogens with zero attached hydrogens (tertiary/aromatic N) is 3. The molecule has 2 aromatic heterocycles. The number of benzene rings is 1. The Balaban J connectivity index is 0.000000338. The van der Waals surface area contributed by atoms with Crippen LogP contribution in [0.4, 0.5) is 17.3 Å². The highest BCUT2D eigenvalue weighted by Crippen LogP contribution is 2.13. The van der Waals surface area contributed by atoms with Crippen LogP contribution in [0.1, 0.15) is 11.3 Å². The summed E-state index contributed by atoms with van der Waals surface area (Å²) in [5.41, 5.74) is 4.35. The second-order valence-electron chi connectivity index (χ2n) is 4.88. The summed E-state index contributed by atoms with van der Waals surface area (Å²) in [4.78, 5) is 1.88. The summed E-state index contributed by atoms with van der Waals surface area (Å²) in [6.07, 6.45) is 2.03. The fourth-order valence-electron chi connectivity index (χ4n) is 2.03. The van der Waals surface area contributed by atoms with Gasteiger partial charge in [0.2, 0.25) is 11.2 Å². The van der Waals surface area contributed by atoms with Crippen molar-refractivity contribution >= 4 is 24.4 Å². The first-order valence-electron chi connectivity index (χ1n) is 6.66. The molecule has 9 heteroatoms. The van der Waals surface area contributed by atoms with Gasteiger partial charge >= 0.3 is 7.25 Å². The molecule has 3 nitrogen and oxygen atoms in total. The van der Waals surface area contributed by atoms with Gasteiger partial charge in [0.15, 0.2) is 0 Å². The summed E-state index contributed by atoms with van der Waals surface area (Å²) in [7, 11) is -6.00. The lowest BCUT2D eigenvalue weighted by molar-refractivity contribution is -0.604. The Bertz CT molecular complexity index is 809. The SMILES string of the molecule is Cc1cc[n+]2c(c1)c(C)nn2-c1ccc(Cl)cc1.F[B-](F)(F)F. The van der Waals surface area contributed by atoms with Gasteiger partial charge in [0.1, 0.15) is 11.9 Å². The summed E-state index contributed by atoms with van der Waals surface area (Å²) < 4.78 is 41.0. The maximum atomic E-state index is 9.75. The highest BCUT2D eigenvalue weighted by atomic mass is 35.5. The van der Waals surface area contributed by atoms with E-state index in [1.807, 2.05) is 46.7 Å². The minimum absolute atomic E-state index is 0.729. The summed E-state index contributed by atoms with van der Waals surface area (Å²) in [5, 5.41) is 5.30. The first-order valence-corrected chi connectivity index (χ1v) is 7.04. The molecular formula is C14H13BClF4N3. The average molecular weight is 346 g/mol. The van der Waals surface area contributed by atoms with Crippen molar-refractivity contribution < 1.29 is 21.8 Å². The normalized spacial score (nSPS) is 11.3. The number of aryl methyl sites for hydroxylation is 2. The molecule has 3 aromatic rings. The third kappa shape index (κ3) is 4.69. The molecule has 0 atom stereocenters. The Labute approximate surface area is 135 Å². The minimum Gasteiger partial charge on any atom is -0.418 e. The van der Waals surface area contributed by atoms with Gasteiger partial charge in [-0.2, -0.15) is 0 Å². The highest BCUT2D eigenvalue weighted by Gasteiger charge is 2.20. The molecule has 2 heterocycles. The van der Waals surface area contributed by atoms with Crippen LogP contribution in [0.15, 0.2) is 42.6 Å². The summed E-state index contributed by atoms with van der Waals surface area (Å²) >= 11 is 5.91. The van der Waals surface area contributed by atoms with Crippen molar-refractivity contribution in [3.63, 3.8) is 0 Å². The molecule has 0 spiro atoms. The molecule has 0 N–H and O–H groups in total. The van der Waals surface area contributed by atoms with Gasteiger partial charge in [-0.25, -0.2) is 0 Å². The van der Waals surface area contributed by atoms with Crippen molar-refractivity contribution in [3.8, 4) is 5.69 Å². The Morgan fingerprint density at radius 3 is 2.17 bits per heavy atom. The molecule has 3 rings (SSSR count). The van der Waals surface area contributed by atoms with Gasteiger partial charge in [0, 0.05) is 17.0 Å². The lowest BCUT2D eigenvalue weighted by atomic mass is 10.2. The summed E-state index contributed by atoms with van der Waals surface area (Å²) in [6, 6.07) is 11.9. The molecule has 0 aliphatic heterocycles. The molecule has 0 saturated carbocycles. The van der Waals surface area contributed by atoms with Crippen LogP contribution in [0, 0.1) is 13.8 Å². The van der Waals surface area contributed by atoms with E-state index in [1.54, 1.807) is 0 Å². The number of fused-ring (bicyclic) bond motifs is 1. The Morgan fingerprint density at radius 2 is 1.61 bits per heavy atom. The molecule has 23 heavy (non-hydrogen) atoms. The second-order valence-corrected chi connectivity index (χ2v) is 5.32. The van der Waals surface area contributed by atoms with Crippen LogP contribution in [0.25, 0.3) is 11.2 Å². The van der Waals surface area contributed by atoms with E-state index in [1.165, 1.54) is 5.56 Å². The van der Waals surface area contributed by atoms with Crippen LogP contribution >= 0.6 is 11.6 Å². The number of aromatic nitrogens is 3. The molecule has 0 radical (unpaired) electrons. The molecular weight excluding hydrogens is 332 g/mol. The number of halogens is 5. The van der Waals surface area contributed by atoms with Crippen molar-refractivity contribution in [2.45, 2.75) is 13.8 Å². The molecule has 1 aromatic carbocycles. The first-order chi connectivity index (χ1) is 10.6. The maximum Gasteiger partial charge on any atom is 0.673 e. The molecule has 0 amide bonds. The number of pyridine rings is 1. The fraction of sp³-hybridized carbons (Fsp3) is 0.143. The van der Waals surface area contributed by atoms with Gasteiger partial charge in [0.05, 0.1) is 0 Å². The molecule has 0 aliphatic carbocycles. The summed E-state index contributed by atoms with van der Waals surface area (Å²) in [5.74, 6) is 0. The van der Waals surface area contributed by atoms with Gasteiger partial charge in [0.25, 0.3) is 0 Å². The minimum atomic E-state index is -6.00. The van der Waals surface area contributed by atoms with Gasteiger partial charge < -0.3 is 17.3 Å². The van der Waals surface area contributed by atoms with Crippen LogP contribution in [0.5, 0.6) is 0 Å². The number of hydrogen-bond donors (Lipinski definition) is 0. The Morgan fingerprint density at radius 1 is 1.04 bits per heavy atom. The van der Waals surface area contributed by atoms with Crippen LogP contribution in [0.2, 0.25) is 5.02 Å². The van der Waals surface area contributed by atoms with Gasteiger partial charge in [-0.05, 0) is 53.7 Å². The van der Waals surface area contributed by atoms with E-state index in [0.29, 0.717) is 0 Å². The smallest absolute Gasteiger partial charge is 0.418 e. The van der Waals surface area contributed by atoms with Crippen molar-refractivity contribution in [2.24, 2.45) is 0 Å². The Hall–Kier alpha value is -2.09. The van der Waals surface area contributed by atoms with E-state index < -0.39 is 7.25 Å². The fourth-order valence-corrected chi connectivity index (χ4v) is 2.16. The molecule has 0 unspecified atom stereocenters. The van der Waals surface area contributed by atoms with Crippen molar-refractivity contribution in [3.05, 3.63) is 58.9 Å². The zero-order valence-electron chi connectivity index (χ0n) is 12.4. The van der Waals surface area contributed by atoms with Crippen LogP contribution in [-0.2, 0) is 0 Å². The van der Waals surface area contributed by atoms with Crippen LogP contribution < -0.4 is 4.52 Å². The van der Waals surface area contributed by atoms with E-state index in [-0.39, 0.29) is 0 Å². The first kappa shape index (κ1) is 17.3. The zero-order chi connectivity index (χ0) is 17.2. The monoisotopic (exact) mass is 345 g/mol. The van der Waals surface area contributed by atoms with Crippen molar-refractivity contribution in [2.75, 3.05) is 0 Å². The topological polar surface area (TPSA) is 21.9 Å². The largest absolute Gasteiger partial charge is 0.673 e. The van der Waals surface area contributed by atoms with Gasteiger partial charge in [-0.3, -0.25) is 0 Å². The molecule has 122 valence electrons. The van der Waals surface area contributed by atoms with Crippen LogP contribution in [0.3, 0.4) is 0 Å². The van der Waals surface area contributed by atoms with Crippen molar-refractivity contribution in [1.29, 1.82) is 0 Å². The quantitative estimate of drug-likeness (QED) is 0.368. The van der Waals surface area contributed by atoms with E-state index in [2.05, 4.69) is 24.2 Å². The lowest BCUT2D eigenvalue weighted by Gasteiger charge is -1.97. The van der Waals surface area contributed by atoms with E-state index in [4.69, 9.17) is 11.6 Å². The summed E-state index contributed by atoms with van der Waals surface area (Å²) in [6.45, 7) is 4.10. The third-order valence-electron chi connectivity index (χ3n) is 2.97. The lowest BCUT2D eigenvalue weighted by Crippen LogP contribution is -2.31. The predicted molar refractivity (Wildman–Crippen MR) is 81.4 cm³/mol. The van der Waals surface area contributed by atoms with E-state index in [0.717, 1.165) is 21.9 Å². The van der Waals surface area contributed by atoms with E-state index in [9.17, 15) is 17.3 Å². The van der Waals surface area contributed by atoms with E-state index >= 15 is 0 Å². The standard InChI is InChI=1S/C14H13ClN3.BF4/c1-10-7-8-17-14(9-10)11(2)16-18(17)13-5-3-12(15)4-6-13;2-1(3,4)5/h3-9H,1-2H3;/q+1;-1. The highest BCUT2D eigenvalue weighted by molar-refractivity contribution is 6.50. The molecule has 0 bridgehead atoms. The number of rotatable bonds is 1. The molecule has 0 saturated heterocycles. The molecule has 0 fully saturated rings. The second kappa shape index (κ2) is 6.58. The Kier molecular flexibility index (Phi) is 4.94. The predicted octanol–water partition coefficient (Wildman–Crippen LogP) is 4.18.